The molecule has 1 aliphatic rings. The summed E-state index contributed by atoms with van der Waals surface area (Å²) in [6.07, 6.45) is 4.61. The Morgan fingerprint density at radius 2 is 1.95 bits per heavy atom. The lowest BCUT2D eigenvalue weighted by Gasteiger charge is -2.18. The van der Waals surface area contributed by atoms with Gasteiger partial charge in [0.05, 0.1) is 16.8 Å². The van der Waals surface area contributed by atoms with Crippen LogP contribution in [0.1, 0.15) is 45.5 Å². The summed E-state index contributed by atoms with van der Waals surface area (Å²) >= 11 is 0. The number of benzene rings is 1. The largest absolute Gasteiger partial charge is 0.345 e. The SMILES string of the molecule is CCC.O=C(c1c(F)ccc(NS(=O)(=O)N2CC[C@@H](F)C2)c1F)c1c[nH]c2ncc(-c3cncnc3F)cc12.[HH].[HH]. The number of pyridine rings is 1. The van der Waals surface area contributed by atoms with Gasteiger partial charge in [-0.3, -0.25) is 9.52 Å². The maximum absolute atomic E-state index is 15.3. The molecule has 1 aromatic carbocycles. The van der Waals surface area contributed by atoms with Crippen molar-refractivity contribution in [3.05, 3.63) is 71.8 Å². The first-order valence-corrected chi connectivity index (χ1v) is 13.4. The predicted octanol–water partition coefficient (Wildman–Crippen LogP) is 5.28. The van der Waals surface area contributed by atoms with Gasteiger partial charge in [-0.05, 0) is 24.6 Å². The van der Waals surface area contributed by atoms with E-state index in [-0.39, 0.29) is 43.5 Å². The molecule has 9 nitrogen and oxygen atoms in total. The number of anilines is 1. The van der Waals surface area contributed by atoms with E-state index < -0.39 is 57.5 Å². The lowest BCUT2D eigenvalue weighted by atomic mass is 10.0. The van der Waals surface area contributed by atoms with Crippen molar-refractivity contribution in [1.82, 2.24) is 24.2 Å². The van der Waals surface area contributed by atoms with Crippen molar-refractivity contribution in [1.29, 1.82) is 0 Å². The molecule has 2 N–H and O–H groups in total. The maximum Gasteiger partial charge on any atom is 0.301 e. The minimum absolute atomic E-state index is 0. The molecule has 0 saturated carbocycles. The number of nitrogens with zero attached hydrogens (tertiary/aromatic N) is 4. The summed E-state index contributed by atoms with van der Waals surface area (Å²) in [5.41, 5.74) is -1.48. The summed E-state index contributed by atoms with van der Waals surface area (Å²) in [5.74, 6) is -4.61. The second kappa shape index (κ2) is 11.5. The summed E-state index contributed by atoms with van der Waals surface area (Å²) in [6, 6.07) is 2.96. The quantitative estimate of drug-likeness (QED) is 0.186. The van der Waals surface area contributed by atoms with Gasteiger partial charge in [0, 0.05) is 51.0 Å². The molecule has 4 aromatic rings. The molecule has 0 aliphatic carbocycles. The van der Waals surface area contributed by atoms with Crippen molar-refractivity contribution in [2.45, 2.75) is 32.9 Å². The lowest BCUT2D eigenvalue weighted by Crippen LogP contribution is -2.34. The molecule has 1 atom stereocenters. The smallest absolute Gasteiger partial charge is 0.301 e. The first-order chi connectivity index (χ1) is 18.6. The minimum atomic E-state index is -4.35. The zero-order valence-electron chi connectivity index (χ0n) is 20.9. The first-order valence-electron chi connectivity index (χ1n) is 11.9. The molecule has 3 aromatic heterocycles. The average Bonchev–Trinajstić information content (AvgIpc) is 3.53. The zero-order valence-corrected chi connectivity index (χ0v) is 21.7. The van der Waals surface area contributed by atoms with Gasteiger partial charge in [-0.1, -0.05) is 20.3 Å². The van der Waals surface area contributed by atoms with Crippen LogP contribution in [0.15, 0.2) is 43.1 Å². The van der Waals surface area contributed by atoms with Gasteiger partial charge < -0.3 is 4.98 Å². The van der Waals surface area contributed by atoms with Crippen molar-refractivity contribution in [2.24, 2.45) is 0 Å². The number of alkyl halides is 1. The monoisotopic (exact) mass is 568 g/mol. The summed E-state index contributed by atoms with van der Waals surface area (Å²) in [7, 11) is -4.35. The van der Waals surface area contributed by atoms with Crippen LogP contribution < -0.4 is 4.72 Å². The zero-order chi connectivity index (χ0) is 28.3. The van der Waals surface area contributed by atoms with E-state index in [9.17, 15) is 26.4 Å². The number of hydrogen-bond donors (Lipinski definition) is 2. The van der Waals surface area contributed by atoms with Gasteiger partial charge in [-0.15, -0.1) is 0 Å². The molecular weight excluding hydrogens is 540 g/mol. The van der Waals surface area contributed by atoms with Gasteiger partial charge in [-0.25, -0.2) is 28.1 Å². The van der Waals surface area contributed by atoms with E-state index in [0.29, 0.717) is 0 Å². The van der Waals surface area contributed by atoms with Crippen LogP contribution in [0.4, 0.5) is 23.2 Å². The minimum Gasteiger partial charge on any atom is -0.345 e. The third kappa shape index (κ3) is 5.76. The third-order valence-corrected chi connectivity index (χ3v) is 7.23. The number of halogens is 4. The van der Waals surface area contributed by atoms with Crippen LogP contribution in [0.5, 0.6) is 0 Å². The molecule has 1 saturated heterocycles. The van der Waals surface area contributed by atoms with Gasteiger partial charge in [0.15, 0.2) is 5.82 Å². The predicted molar refractivity (Wildman–Crippen MR) is 141 cm³/mol. The van der Waals surface area contributed by atoms with Crippen LogP contribution in [0.25, 0.3) is 22.2 Å². The van der Waals surface area contributed by atoms with Crippen LogP contribution in [0, 0.1) is 17.6 Å². The molecule has 210 valence electrons. The molecule has 39 heavy (non-hydrogen) atoms. The standard InChI is InChI=1S/C22H16F4N6O3S.C3H8.2H2/c23-12-3-4-32(9-12)36(34,35)31-17-2-1-16(24)18(19(17)25)20(33)15-8-29-22-13(15)5-11(6-28-22)14-7-27-10-30-21(14)26;1-3-2;;/h1-2,5-8,10,12,31H,3-4,9H2,(H,28,29);3H2,1-2H3;2*1H/t12-;;;/m1.../s1. The summed E-state index contributed by atoms with van der Waals surface area (Å²) in [5, 5.41) is 0.136. The van der Waals surface area contributed by atoms with Crippen LogP contribution in [0.2, 0.25) is 0 Å². The van der Waals surface area contributed by atoms with Crippen LogP contribution >= 0.6 is 0 Å². The van der Waals surface area contributed by atoms with Gasteiger partial charge in [0.1, 0.15) is 24.0 Å². The number of nitrogens with one attached hydrogen (secondary N) is 2. The van der Waals surface area contributed by atoms with E-state index in [4.69, 9.17) is 0 Å². The Hall–Kier alpha value is -3.91. The molecule has 5 rings (SSSR count). The Morgan fingerprint density at radius 3 is 2.62 bits per heavy atom. The van der Waals surface area contributed by atoms with Crippen molar-refractivity contribution < 1.29 is 33.6 Å². The van der Waals surface area contributed by atoms with Crippen molar-refractivity contribution in [3.8, 4) is 11.1 Å². The van der Waals surface area contributed by atoms with Crippen LogP contribution in [-0.4, -0.2) is 57.7 Å². The van der Waals surface area contributed by atoms with E-state index in [1.54, 1.807) is 0 Å². The fraction of sp³-hybridized carbons (Fsp3) is 0.280. The van der Waals surface area contributed by atoms with Crippen LogP contribution in [-0.2, 0) is 10.2 Å². The molecule has 0 bridgehead atoms. The number of carbonyl (C=O) groups is 1. The van der Waals surface area contributed by atoms with Gasteiger partial charge in [-0.2, -0.15) is 17.1 Å². The molecule has 1 fully saturated rings. The molecule has 0 amide bonds. The molecule has 4 heterocycles. The highest BCUT2D eigenvalue weighted by Gasteiger charge is 2.33. The highest BCUT2D eigenvalue weighted by atomic mass is 32.2. The third-order valence-electron chi connectivity index (χ3n) is 5.74. The van der Waals surface area contributed by atoms with Crippen molar-refractivity contribution in [2.75, 3.05) is 17.8 Å². The summed E-state index contributed by atoms with van der Waals surface area (Å²) in [6.45, 7) is 3.74. The number of fused-ring (bicyclic) bond motifs is 1. The normalized spacial score (nSPS) is 15.7. The van der Waals surface area contributed by atoms with Crippen LogP contribution in [0.3, 0.4) is 0 Å². The number of aromatic nitrogens is 4. The van der Waals surface area contributed by atoms with Gasteiger partial charge in [0.25, 0.3) is 0 Å². The molecule has 0 spiro atoms. The van der Waals surface area contributed by atoms with Crippen molar-refractivity contribution >= 4 is 32.7 Å². The number of ketones is 1. The van der Waals surface area contributed by atoms with E-state index >= 15 is 4.39 Å². The topological polar surface area (TPSA) is 121 Å². The highest BCUT2D eigenvalue weighted by molar-refractivity contribution is 7.90. The van der Waals surface area contributed by atoms with Gasteiger partial charge >= 0.3 is 10.2 Å². The average molecular weight is 569 g/mol. The highest BCUT2D eigenvalue weighted by Crippen LogP contribution is 2.30. The fourth-order valence-electron chi connectivity index (χ4n) is 3.93. The number of aromatic amines is 1. The number of rotatable bonds is 6. The Labute approximate surface area is 224 Å². The number of carbonyl (C=O) groups excluding carboxylic acids is 1. The molecule has 14 heteroatoms. The second-order valence-electron chi connectivity index (χ2n) is 8.72. The van der Waals surface area contributed by atoms with E-state index in [1.165, 1.54) is 31.1 Å². The lowest BCUT2D eigenvalue weighted by molar-refractivity contribution is 0.103. The molecular formula is C25H28F4N6O3S. The Morgan fingerprint density at radius 1 is 1.21 bits per heavy atom. The fourth-order valence-corrected chi connectivity index (χ4v) is 5.20. The molecule has 1 aliphatic heterocycles. The molecule has 0 radical (unpaired) electrons. The molecule has 0 unspecified atom stereocenters. The summed E-state index contributed by atoms with van der Waals surface area (Å²) < 4.78 is 85.3. The van der Waals surface area contributed by atoms with E-state index in [0.717, 1.165) is 22.8 Å². The maximum atomic E-state index is 15.3. The number of hydrogen-bond acceptors (Lipinski definition) is 6. The van der Waals surface area contributed by atoms with E-state index in [1.807, 2.05) is 4.72 Å². The number of H-pyrrole nitrogens is 1. The Kier molecular flexibility index (Phi) is 8.25. The summed E-state index contributed by atoms with van der Waals surface area (Å²) in [4.78, 5) is 27.3. The Balaban J connectivity index is 0.00000113. The Bertz CT molecular complexity index is 1640. The van der Waals surface area contributed by atoms with E-state index in [2.05, 4.69) is 33.8 Å². The van der Waals surface area contributed by atoms with Gasteiger partial charge in [0.2, 0.25) is 11.7 Å². The first kappa shape index (κ1) is 28.1. The van der Waals surface area contributed by atoms with Crippen molar-refractivity contribution in [3.63, 3.8) is 0 Å². The second-order valence-corrected chi connectivity index (χ2v) is 10.4.